The van der Waals surface area contributed by atoms with Crippen molar-refractivity contribution in [1.29, 1.82) is 0 Å². The molecule has 0 atom stereocenters. The number of nitrogens with zero attached hydrogens (tertiary/aromatic N) is 1. The van der Waals surface area contributed by atoms with Crippen LogP contribution in [0.2, 0.25) is 0 Å². The number of carbonyl (C=O) groups is 2. The number of carbonyl (C=O) groups excluding carboxylic acids is 2. The largest absolute Gasteiger partial charge is 0.462 e. The lowest BCUT2D eigenvalue weighted by Gasteiger charge is -2.31. The molecule has 3 aromatic rings. The maximum Gasteiger partial charge on any atom is 0.333 e. The molecule has 5 nitrogen and oxygen atoms in total. The zero-order valence-electron chi connectivity index (χ0n) is 28.6. The van der Waals surface area contributed by atoms with E-state index in [2.05, 4.69) is 126 Å². The summed E-state index contributed by atoms with van der Waals surface area (Å²) in [6, 6.07) is 24.2. The second-order valence-corrected chi connectivity index (χ2v) is 14.0. The standard InChI is InChI=1S/C40H51NO4/c1-28(2)37(42)44-23-11-13-30-15-19-34(20-16-30)41(36-26-32(39(5,6)7)25-33(27-36)40(8,9)10)35-21-17-31(18-22-35)14-12-24-45-38(43)29(3)4/h15-22,25-27H,1,3,11-14,23-24H2,2,4-10H3. The van der Waals surface area contributed by atoms with Gasteiger partial charge >= 0.3 is 11.9 Å². The monoisotopic (exact) mass is 609 g/mol. The van der Waals surface area contributed by atoms with Gasteiger partial charge in [0.15, 0.2) is 0 Å². The zero-order valence-corrected chi connectivity index (χ0v) is 28.6. The minimum Gasteiger partial charge on any atom is -0.462 e. The fourth-order valence-corrected chi connectivity index (χ4v) is 4.81. The maximum absolute atomic E-state index is 11.7. The molecule has 3 aromatic carbocycles. The van der Waals surface area contributed by atoms with E-state index in [0.717, 1.165) is 42.7 Å². The van der Waals surface area contributed by atoms with E-state index in [1.54, 1.807) is 13.8 Å². The van der Waals surface area contributed by atoms with Crippen LogP contribution in [0.15, 0.2) is 91.0 Å². The molecule has 0 saturated heterocycles. The van der Waals surface area contributed by atoms with Crippen LogP contribution in [0.4, 0.5) is 17.1 Å². The average Bonchev–Trinajstić information content (AvgIpc) is 2.97. The summed E-state index contributed by atoms with van der Waals surface area (Å²) < 4.78 is 10.5. The van der Waals surface area contributed by atoms with Crippen molar-refractivity contribution in [3.05, 3.63) is 113 Å². The van der Waals surface area contributed by atoms with Gasteiger partial charge in [0.05, 0.1) is 13.2 Å². The number of benzene rings is 3. The van der Waals surface area contributed by atoms with Gasteiger partial charge in [0.1, 0.15) is 0 Å². The van der Waals surface area contributed by atoms with Gasteiger partial charge in [0.25, 0.3) is 0 Å². The van der Waals surface area contributed by atoms with Crippen molar-refractivity contribution in [2.75, 3.05) is 18.1 Å². The van der Waals surface area contributed by atoms with E-state index in [-0.39, 0.29) is 22.8 Å². The first kappa shape index (κ1) is 35.4. The predicted molar refractivity (Wildman–Crippen MR) is 187 cm³/mol. The van der Waals surface area contributed by atoms with Gasteiger partial charge in [-0.3, -0.25) is 0 Å². The molecular formula is C40H51NO4. The Morgan fingerprint density at radius 2 is 0.956 bits per heavy atom. The van der Waals surface area contributed by atoms with Crippen LogP contribution in [-0.4, -0.2) is 25.2 Å². The zero-order chi connectivity index (χ0) is 33.4. The first-order valence-corrected chi connectivity index (χ1v) is 15.9. The number of hydrogen-bond acceptors (Lipinski definition) is 5. The molecule has 5 heteroatoms. The average molecular weight is 610 g/mol. The van der Waals surface area contributed by atoms with E-state index in [9.17, 15) is 9.59 Å². The van der Waals surface area contributed by atoms with E-state index in [0.29, 0.717) is 24.4 Å². The van der Waals surface area contributed by atoms with Crippen molar-refractivity contribution in [2.45, 2.75) is 91.9 Å². The fourth-order valence-electron chi connectivity index (χ4n) is 4.81. The van der Waals surface area contributed by atoms with E-state index >= 15 is 0 Å². The van der Waals surface area contributed by atoms with Crippen LogP contribution in [0.3, 0.4) is 0 Å². The van der Waals surface area contributed by atoms with E-state index in [4.69, 9.17) is 9.47 Å². The van der Waals surface area contributed by atoms with Gasteiger partial charge < -0.3 is 14.4 Å². The number of rotatable bonds is 13. The van der Waals surface area contributed by atoms with E-state index in [1.807, 2.05) is 0 Å². The number of esters is 2. The third kappa shape index (κ3) is 10.5. The minimum absolute atomic E-state index is 0.0173. The summed E-state index contributed by atoms with van der Waals surface area (Å²) in [6.45, 7) is 24.9. The molecule has 0 aliphatic heterocycles. The molecule has 0 saturated carbocycles. The first-order chi connectivity index (χ1) is 21.1. The lowest BCUT2D eigenvalue weighted by molar-refractivity contribution is -0.139. The first-order valence-electron chi connectivity index (χ1n) is 15.9. The predicted octanol–water partition coefficient (Wildman–Crippen LogP) is 9.86. The second-order valence-electron chi connectivity index (χ2n) is 14.0. The molecule has 0 bridgehead atoms. The smallest absolute Gasteiger partial charge is 0.333 e. The SMILES string of the molecule is C=C(C)C(=O)OCCCc1ccc(N(c2ccc(CCCOC(=O)C(=C)C)cc2)c2cc(C(C)(C)C)cc(C(C)(C)C)c2)cc1. The van der Waals surface area contributed by atoms with Crippen molar-refractivity contribution >= 4 is 29.0 Å². The summed E-state index contributed by atoms with van der Waals surface area (Å²) in [7, 11) is 0. The fraction of sp³-hybridized carbons (Fsp3) is 0.400. The van der Waals surface area contributed by atoms with Crippen molar-refractivity contribution in [1.82, 2.24) is 0 Å². The Labute approximate surface area is 271 Å². The lowest BCUT2D eigenvalue weighted by atomic mass is 9.80. The van der Waals surface area contributed by atoms with Gasteiger partial charge in [0, 0.05) is 28.2 Å². The molecule has 0 spiro atoms. The summed E-state index contributed by atoms with van der Waals surface area (Å²) in [4.78, 5) is 25.7. The van der Waals surface area contributed by atoms with Gasteiger partial charge in [0.2, 0.25) is 0 Å². The Hall–Kier alpha value is -4.12. The van der Waals surface area contributed by atoms with E-state index in [1.165, 1.54) is 22.3 Å². The van der Waals surface area contributed by atoms with Crippen LogP contribution in [0, 0.1) is 0 Å². The van der Waals surface area contributed by atoms with Crippen molar-refractivity contribution in [3.63, 3.8) is 0 Å². The minimum atomic E-state index is -0.342. The van der Waals surface area contributed by atoms with Crippen LogP contribution in [0.25, 0.3) is 0 Å². The third-order valence-electron chi connectivity index (χ3n) is 7.68. The molecule has 45 heavy (non-hydrogen) atoms. The molecular weight excluding hydrogens is 558 g/mol. The molecule has 0 radical (unpaired) electrons. The summed E-state index contributed by atoms with van der Waals surface area (Å²) in [5.41, 5.74) is 9.00. The summed E-state index contributed by atoms with van der Waals surface area (Å²) in [5, 5.41) is 0. The van der Waals surface area contributed by atoms with Crippen molar-refractivity contribution < 1.29 is 19.1 Å². The molecule has 0 aliphatic carbocycles. The maximum atomic E-state index is 11.7. The number of ether oxygens (including phenoxy) is 2. The van der Waals surface area contributed by atoms with Gasteiger partial charge in [-0.1, -0.05) is 85.0 Å². The third-order valence-corrected chi connectivity index (χ3v) is 7.68. The van der Waals surface area contributed by atoms with Gasteiger partial charge in [-0.2, -0.15) is 0 Å². The van der Waals surface area contributed by atoms with Crippen LogP contribution < -0.4 is 4.90 Å². The Morgan fingerprint density at radius 3 is 1.27 bits per heavy atom. The van der Waals surface area contributed by atoms with Gasteiger partial charge in [-0.25, -0.2) is 9.59 Å². The highest BCUT2D eigenvalue weighted by atomic mass is 16.5. The summed E-state index contributed by atoms with van der Waals surface area (Å²) in [6.07, 6.45) is 3.12. The molecule has 0 N–H and O–H groups in total. The van der Waals surface area contributed by atoms with Crippen molar-refractivity contribution in [3.8, 4) is 0 Å². The molecule has 0 heterocycles. The number of anilines is 3. The Balaban J connectivity index is 1.93. The van der Waals surface area contributed by atoms with Crippen molar-refractivity contribution in [2.24, 2.45) is 0 Å². The molecule has 0 amide bonds. The topological polar surface area (TPSA) is 55.8 Å². The number of hydrogen-bond donors (Lipinski definition) is 0. The van der Waals surface area contributed by atoms with Crippen LogP contribution in [-0.2, 0) is 42.7 Å². The molecule has 3 rings (SSSR count). The normalized spacial score (nSPS) is 11.6. The molecule has 0 fully saturated rings. The van der Waals surface area contributed by atoms with Gasteiger partial charge in [-0.15, -0.1) is 0 Å². The van der Waals surface area contributed by atoms with Crippen LogP contribution in [0.5, 0.6) is 0 Å². The van der Waals surface area contributed by atoms with Gasteiger partial charge in [-0.05, 0) is 109 Å². The Bertz CT molecular complexity index is 1380. The molecule has 240 valence electrons. The Kier molecular flexibility index (Phi) is 12.0. The van der Waals surface area contributed by atoms with Crippen LogP contribution in [0.1, 0.15) is 90.5 Å². The molecule has 0 aromatic heterocycles. The lowest BCUT2D eigenvalue weighted by Crippen LogP contribution is -2.19. The molecule has 0 aliphatic rings. The van der Waals surface area contributed by atoms with E-state index < -0.39 is 0 Å². The Morgan fingerprint density at radius 1 is 0.600 bits per heavy atom. The highest BCUT2D eigenvalue weighted by Gasteiger charge is 2.23. The summed E-state index contributed by atoms with van der Waals surface area (Å²) >= 11 is 0. The second kappa shape index (κ2) is 15.2. The summed E-state index contributed by atoms with van der Waals surface area (Å²) in [5.74, 6) is -0.685. The van der Waals surface area contributed by atoms with Crippen LogP contribution >= 0.6 is 0 Å². The number of aryl methyl sites for hydroxylation is 2. The molecule has 0 unspecified atom stereocenters. The highest BCUT2D eigenvalue weighted by Crippen LogP contribution is 2.40. The quantitative estimate of drug-likeness (QED) is 0.110. The highest BCUT2D eigenvalue weighted by molar-refractivity contribution is 5.87.